The van der Waals surface area contributed by atoms with Crippen LogP contribution < -0.4 is 5.32 Å². The van der Waals surface area contributed by atoms with Gasteiger partial charge in [0.15, 0.2) is 0 Å². The highest BCUT2D eigenvalue weighted by atomic mass is 35.5. The number of rotatable bonds is 10. The zero-order chi connectivity index (χ0) is 22.2. The molecule has 1 heterocycles. The van der Waals surface area contributed by atoms with Crippen molar-refractivity contribution in [3.05, 3.63) is 101 Å². The van der Waals surface area contributed by atoms with Gasteiger partial charge in [-0.1, -0.05) is 60.1 Å². The van der Waals surface area contributed by atoms with Crippen molar-refractivity contribution in [3.8, 4) is 5.75 Å². The lowest BCUT2D eigenvalue weighted by Crippen LogP contribution is -2.24. The van der Waals surface area contributed by atoms with E-state index in [2.05, 4.69) is 39.5 Å². The third-order valence-electron chi connectivity index (χ3n) is 5.56. The number of fused-ring (bicyclic) bond motifs is 1. The number of phenols is 1. The number of para-hydroxylation sites is 1. The largest absolute Gasteiger partial charge is 0.508 e. The Hall–Kier alpha value is -3.08. The van der Waals surface area contributed by atoms with E-state index in [0.717, 1.165) is 61.2 Å². The highest BCUT2D eigenvalue weighted by Crippen LogP contribution is 2.24. The topological polar surface area (TPSA) is 48.4 Å². The molecular weight excluding hydrogens is 418 g/mol. The number of halogens is 1. The fourth-order valence-electron chi connectivity index (χ4n) is 3.90. The summed E-state index contributed by atoms with van der Waals surface area (Å²) in [6.45, 7) is 3.43. The van der Waals surface area contributed by atoms with Gasteiger partial charge in [0, 0.05) is 47.5 Å². The van der Waals surface area contributed by atoms with Gasteiger partial charge in [-0.15, -0.1) is 0 Å². The molecule has 5 heteroatoms. The fraction of sp³-hybridized carbons (Fsp3) is 0.222. The van der Waals surface area contributed by atoms with Crippen LogP contribution in [0.3, 0.4) is 0 Å². The summed E-state index contributed by atoms with van der Waals surface area (Å²) in [7, 11) is 0. The molecule has 0 amide bonds. The van der Waals surface area contributed by atoms with Crippen LogP contribution in [0.25, 0.3) is 10.9 Å². The Morgan fingerprint density at radius 3 is 2.53 bits per heavy atom. The average Bonchev–Trinajstić information content (AvgIpc) is 2.80. The van der Waals surface area contributed by atoms with Crippen LogP contribution in [0.2, 0.25) is 5.02 Å². The Morgan fingerprint density at radius 2 is 1.69 bits per heavy atom. The molecule has 0 spiro atoms. The molecule has 0 bridgehead atoms. The molecular formula is C27H28ClN3O. The monoisotopic (exact) mass is 445 g/mol. The van der Waals surface area contributed by atoms with Gasteiger partial charge in [0.05, 0.1) is 5.52 Å². The molecule has 3 aromatic carbocycles. The lowest BCUT2D eigenvalue weighted by atomic mass is 10.1. The SMILES string of the molecule is Oc1ccccc1CN(CCCCNc1ccnc2cc(Cl)ccc12)Cc1ccccc1. The van der Waals surface area contributed by atoms with Crippen LogP contribution in [0.1, 0.15) is 24.0 Å². The first-order valence-corrected chi connectivity index (χ1v) is 11.4. The van der Waals surface area contributed by atoms with Crippen molar-refractivity contribution in [1.82, 2.24) is 9.88 Å². The molecule has 0 unspecified atom stereocenters. The number of benzene rings is 3. The second kappa shape index (κ2) is 11.0. The second-order valence-electron chi connectivity index (χ2n) is 7.98. The van der Waals surface area contributed by atoms with E-state index in [1.807, 2.05) is 54.7 Å². The molecule has 32 heavy (non-hydrogen) atoms. The van der Waals surface area contributed by atoms with Crippen molar-refractivity contribution in [1.29, 1.82) is 0 Å². The number of pyridine rings is 1. The van der Waals surface area contributed by atoms with Gasteiger partial charge in [-0.3, -0.25) is 9.88 Å². The summed E-state index contributed by atoms with van der Waals surface area (Å²) in [5.41, 5.74) is 4.23. The maximum Gasteiger partial charge on any atom is 0.120 e. The van der Waals surface area contributed by atoms with Crippen LogP contribution in [0.5, 0.6) is 5.75 Å². The minimum absolute atomic E-state index is 0.358. The number of hydrogen-bond acceptors (Lipinski definition) is 4. The summed E-state index contributed by atoms with van der Waals surface area (Å²) in [6.07, 6.45) is 3.92. The lowest BCUT2D eigenvalue weighted by molar-refractivity contribution is 0.249. The highest BCUT2D eigenvalue weighted by Gasteiger charge is 2.10. The van der Waals surface area contributed by atoms with Gasteiger partial charge < -0.3 is 10.4 Å². The second-order valence-corrected chi connectivity index (χ2v) is 8.42. The summed E-state index contributed by atoms with van der Waals surface area (Å²) in [6, 6.07) is 25.9. The Balaban J connectivity index is 1.33. The number of aromatic nitrogens is 1. The molecule has 0 aliphatic rings. The van der Waals surface area contributed by atoms with Crippen molar-refractivity contribution in [3.63, 3.8) is 0 Å². The summed E-state index contributed by atoms with van der Waals surface area (Å²) < 4.78 is 0. The Bertz CT molecular complexity index is 1150. The van der Waals surface area contributed by atoms with Crippen LogP contribution >= 0.6 is 11.6 Å². The van der Waals surface area contributed by atoms with E-state index in [1.165, 1.54) is 5.56 Å². The van der Waals surface area contributed by atoms with Crippen molar-refractivity contribution < 1.29 is 5.11 Å². The van der Waals surface area contributed by atoms with Gasteiger partial charge >= 0.3 is 0 Å². The maximum absolute atomic E-state index is 10.2. The number of phenolic OH excluding ortho intramolecular Hbond substituents is 1. The third kappa shape index (κ3) is 6.00. The van der Waals surface area contributed by atoms with Gasteiger partial charge in [0.25, 0.3) is 0 Å². The standard InChI is InChI=1S/C27H28ClN3O/c28-23-12-13-24-25(14-16-30-26(24)18-23)29-15-6-7-17-31(19-21-8-2-1-3-9-21)20-22-10-4-5-11-27(22)32/h1-5,8-14,16,18,32H,6-7,15,17,19-20H2,(H,29,30). The smallest absolute Gasteiger partial charge is 0.120 e. The van der Waals surface area contributed by atoms with Crippen LogP contribution in [0, 0.1) is 0 Å². The lowest BCUT2D eigenvalue weighted by Gasteiger charge is -2.23. The molecule has 1 aromatic heterocycles. The molecule has 0 fully saturated rings. The van der Waals surface area contributed by atoms with Crippen LogP contribution in [-0.2, 0) is 13.1 Å². The van der Waals surface area contributed by atoms with Crippen LogP contribution in [0.4, 0.5) is 5.69 Å². The molecule has 0 saturated carbocycles. The first kappa shape index (κ1) is 22.1. The van der Waals surface area contributed by atoms with E-state index in [-0.39, 0.29) is 0 Å². The van der Waals surface area contributed by atoms with Crippen molar-refractivity contribution >= 4 is 28.2 Å². The molecule has 0 saturated heterocycles. The molecule has 4 aromatic rings. The van der Waals surface area contributed by atoms with Gasteiger partial charge in [0.1, 0.15) is 5.75 Å². The van der Waals surface area contributed by atoms with Gasteiger partial charge in [-0.2, -0.15) is 0 Å². The van der Waals surface area contributed by atoms with Crippen LogP contribution in [-0.4, -0.2) is 28.1 Å². The fourth-order valence-corrected chi connectivity index (χ4v) is 4.07. The molecule has 2 N–H and O–H groups in total. The number of aromatic hydroxyl groups is 1. The quantitative estimate of drug-likeness (QED) is 0.274. The number of hydrogen-bond donors (Lipinski definition) is 2. The summed E-state index contributed by atoms with van der Waals surface area (Å²) in [5.74, 6) is 0.358. The van der Waals surface area contributed by atoms with Crippen molar-refractivity contribution in [2.45, 2.75) is 25.9 Å². The molecule has 0 radical (unpaired) electrons. The van der Waals surface area contributed by atoms with E-state index in [0.29, 0.717) is 10.8 Å². The number of nitrogens with one attached hydrogen (secondary N) is 1. The van der Waals surface area contributed by atoms with Gasteiger partial charge in [-0.05, 0) is 55.3 Å². The third-order valence-corrected chi connectivity index (χ3v) is 5.79. The van der Waals surface area contributed by atoms with Crippen molar-refractivity contribution in [2.75, 3.05) is 18.4 Å². The predicted octanol–water partition coefficient (Wildman–Crippen LogP) is 6.49. The van der Waals surface area contributed by atoms with Gasteiger partial charge in [-0.25, -0.2) is 0 Å². The zero-order valence-electron chi connectivity index (χ0n) is 18.0. The first-order valence-electron chi connectivity index (χ1n) is 11.0. The molecule has 0 atom stereocenters. The van der Waals surface area contributed by atoms with E-state index >= 15 is 0 Å². The predicted molar refractivity (Wildman–Crippen MR) is 133 cm³/mol. The van der Waals surface area contributed by atoms with Crippen LogP contribution in [0.15, 0.2) is 85.1 Å². The van der Waals surface area contributed by atoms with Crippen molar-refractivity contribution in [2.24, 2.45) is 0 Å². The Labute approximate surface area is 194 Å². The minimum atomic E-state index is 0.358. The van der Waals surface area contributed by atoms with Gasteiger partial charge in [0.2, 0.25) is 0 Å². The Morgan fingerprint density at radius 1 is 0.875 bits per heavy atom. The summed E-state index contributed by atoms with van der Waals surface area (Å²) in [5, 5.41) is 15.5. The van der Waals surface area contributed by atoms with E-state index in [4.69, 9.17) is 11.6 Å². The zero-order valence-corrected chi connectivity index (χ0v) is 18.8. The Kier molecular flexibility index (Phi) is 7.59. The maximum atomic E-state index is 10.2. The first-order chi connectivity index (χ1) is 15.7. The average molecular weight is 446 g/mol. The molecule has 0 aliphatic carbocycles. The minimum Gasteiger partial charge on any atom is -0.508 e. The number of nitrogens with zero attached hydrogens (tertiary/aromatic N) is 2. The molecule has 4 nitrogen and oxygen atoms in total. The summed E-state index contributed by atoms with van der Waals surface area (Å²) >= 11 is 6.09. The molecule has 4 rings (SSSR count). The van der Waals surface area contributed by atoms with E-state index in [1.54, 1.807) is 6.07 Å². The molecule has 0 aliphatic heterocycles. The summed E-state index contributed by atoms with van der Waals surface area (Å²) in [4.78, 5) is 6.80. The highest BCUT2D eigenvalue weighted by molar-refractivity contribution is 6.31. The number of anilines is 1. The van der Waals surface area contributed by atoms with E-state index < -0.39 is 0 Å². The van der Waals surface area contributed by atoms with E-state index in [9.17, 15) is 5.11 Å². The molecule has 164 valence electrons. The normalized spacial score (nSPS) is 11.2. The number of unbranched alkanes of at least 4 members (excludes halogenated alkanes) is 1.